The Balaban J connectivity index is 2.23. The summed E-state index contributed by atoms with van der Waals surface area (Å²) in [6.07, 6.45) is 0.803. The molecule has 1 aliphatic rings. The van der Waals surface area contributed by atoms with Gasteiger partial charge in [-0.3, -0.25) is 14.9 Å². The highest BCUT2D eigenvalue weighted by Gasteiger charge is 2.25. The largest absolute Gasteiger partial charge is 0.337 e. The van der Waals surface area contributed by atoms with E-state index in [1.54, 1.807) is 11.8 Å². The molecule has 2 N–H and O–H groups in total. The van der Waals surface area contributed by atoms with E-state index in [0.29, 0.717) is 24.2 Å². The van der Waals surface area contributed by atoms with Crippen molar-refractivity contribution in [2.75, 3.05) is 13.1 Å². The van der Waals surface area contributed by atoms with Crippen LogP contribution in [0.3, 0.4) is 0 Å². The quantitative estimate of drug-likeness (QED) is 0.627. The van der Waals surface area contributed by atoms with E-state index in [1.165, 1.54) is 18.2 Å². The molecule has 1 fully saturated rings. The van der Waals surface area contributed by atoms with Gasteiger partial charge in [0.2, 0.25) is 0 Å². The Kier molecular flexibility index (Phi) is 3.29. The second kappa shape index (κ2) is 4.73. The molecule has 1 saturated heterocycles. The Morgan fingerprint density at radius 1 is 1.56 bits per heavy atom. The monoisotopic (exact) mass is 249 g/mol. The van der Waals surface area contributed by atoms with E-state index in [9.17, 15) is 14.9 Å². The summed E-state index contributed by atoms with van der Waals surface area (Å²) in [4.78, 5) is 24.1. The van der Waals surface area contributed by atoms with Crippen LogP contribution in [0.1, 0.15) is 22.3 Å². The molecular formula is C12H15N3O3. The van der Waals surface area contributed by atoms with Crippen molar-refractivity contribution in [1.82, 2.24) is 4.90 Å². The third-order valence-corrected chi connectivity index (χ3v) is 3.16. The molecule has 1 heterocycles. The van der Waals surface area contributed by atoms with E-state index in [2.05, 4.69) is 0 Å². The number of amides is 1. The van der Waals surface area contributed by atoms with E-state index >= 15 is 0 Å². The second-order valence-corrected chi connectivity index (χ2v) is 4.56. The van der Waals surface area contributed by atoms with Gasteiger partial charge in [-0.2, -0.15) is 0 Å². The van der Waals surface area contributed by atoms with Crippen molar-refractivity contribution in [2.45, 2.75) is 19.4 Å². The van der Waals surface area contributed by atoms with Gasteiger partial charge in [-0.1, -0.05) is 0 Å². The lowest BCUT2D eigenvalue weighted by Gasteiger charge is -2.16. The van der Waals surface area contributed by atoms with E-state index in [4.69, 9.17) is 5.73 Å². The number of carbonyl (C=O) groups excluding carboxylic acids is 1. The third kappa shape index (κ3) is 2.33. The standard InChI is InChI=1S/C12H15N3O3/c1-8-6-10(15(17)18)2-3-11(8)12(16)14-5-4-9(13)7-14/h2-3,6,9H,4-5,7,13H2,1H3/t9-/m1/s1. The van der Waals surface area contributed by atoms with Gasteiger partial charge in [0.15, 0.2) is 0 Å². The zero-order chi connectivity index (χ0) is 13.3. The molecule has 1 amide bonds. The van der Waals surface area contributed by atoms with Crippen molar-refractivity contribution < 1.29 is 9.72 Å². The SMILES string of the molecule is Cc1cc([N+](=O)[O-])ccc1C(=O)N1CC[C@@H](N)C1. The molecule has 0 aromatic heterocycles. The molecule has 0 aliphatic carbocycles. The van der Waals surface area contributed by atoms with Crippen LogP contribution in [-0.2, 0) is 0 Å². The number of nitrogens with zero attached hydrogens (tertiary/aromatic N) is 2. The number of nitro benzene ring substituents is 1. The third-order valence-electron chi connectivity index (χ3n) is 3.16. The van der Waals surface area contributed by atoms with Gasteiger partial charge in [0.1, 0.15) is 0 Å². The summed E-state index contributed by atoms with van der Waals surface area (Å²) in [5.41, 5.74) is 6.89. The van der Waals surface area contributed by atoms with Crippen LogP contribution in [-0.4, -0.2) is 34.9 Å². The van der Waals surface area contributed by atoms with Crippen molar-refractivity contribution in [3.63, 3.8) is 0 Å². The highest BCUT2D eigenvalue weighted by molar-refractivity contribution is 5.96. The van der Waals surface area contributed by atoms with Crippen molar-refractivity contribution in [1.29, 1.82) is 0 Å². The molecule has 18 heavy (non-hydrogen) atoms. The molecule has 6 heteroatoms. The first-order valence-electron chi connectivity index (χ1n) is 5.79. The number of carbonyl (C=O) groups is 1. The van der Waals surface area contributed by atoms with Crippen molar-refractivity contribution in [3.8, 4) is 0 Å². The highest BCUT2D eigenvalue weighted by Crippen LogP contribution is 2.20. The molecule has 2 rings (SSSR count). The van der Waals surface area contributed by atoms with Crippen molar-refractivity contribution in [3.05, 3.63) is 39.4 Å². The van der Waals surface area contributed by atoms with E-state index < -0.39 is 4.92 Å². The van der Waals surface area contributed by atoms with Crippen LogP contribution in [0.5, 0.6) is 0 Å². The van der Waals surface area contributed by atoms with Gasteiger partial charge in [-0.05, 0) is 25.0 Å². The first kappa shape index (κ1) is 12.5. The first-order chi connectivity index (χ1) is 8.49. The minimum Gasteiger partial charge on any atom is -0.337 e. The summed E-state index contributed by atoms with van der Waals surface area (Å²) >= 11 is 0. The molecule has 0 spiro atoms. The fourth-order valence-electron chi connectivity index (χ4n) is 2.14. The molecule has 0 unspecified atom stereocenters. The Labute approximate surface area is 105 Å². The second-order valence-electron chi connectivity index (χ2n) is 4.56. The van der Waals surface area contributed by atoms with Crippen molar-refractivity contribution >= 4 is 11.6 Å². The van der Waals surface area contributed by atoms with Crippen LogP contribution in [0.15, 0.2) is 18.2 Å². The number of rotatable bonds is 2. The van der Waals surface area contributed by atoms with E-state index in [0.717, 1.165) is 6.42 Å². The van der Waals surface area contributed by atoms with Crippen LogP contribution < -0.4 is 5.73 Å². The Morgan fingerprint density at radius 2 is 2.28 bits per heavy atom. The molecule has 1 aromatic carbocycles. The number of non-ortho nitro benzene ring substituents is 1. The average molecular weight is 249 g/mol. The Bertz CT molecular complexity index is 501. The van der Waals surface area contributed by atoms with Crippen LogP contribution in [0.25, 0.3) is 0 Å². The first-order valence-corrected chi connectivity index (χ1v) is 5.79. The summed E-state index contributed by atoms with van der Waals surface area (Å²) in [6.45, 7) is 2.90. The number of nitrogens with two attached hydrogens (primary N) is 1. The summed E-state index contributed by atoms with van der Waals surface area (Å²) in [6, 6.07) is 4.33. The molecule has 0 radical (unpaired) electrons. The van der Waals surface area contributed by atoms with E-state index in [-0.39, 0.29) is 17.6 Å². The van der Waals surface area contributed by atoms with Crippen LogP contribution >= 0.6 is 0 Å². The molecular weight excluding hydrogens is 234 g/mol. The van der Waals surface area contributed by atoms with Crippen LogP contribution in [0.4, 0.5) is 5.69 Å². The predicted octanol–water partition coefficient (Wildman–Crippen LogP) is 1.08. The summed E-state index contributed by atoms with van der Waals surface area (Å²) in [5.74, 6) is -0.102. The highest BCUT2D eigenvalue weighted by atomic mass is 16.6. The van der Waals surface area contributed by atoms with Gasteiger partial charge >= 0.3 is 0 Å². The topological polar surface area (TPSA) is 89.5 Å². The smallest absolute Gasteiger partial charge is 0.269 e. The zero-order valence-electron chi connectivity index (χ0n) is 10.1. The van der Waals surface area contributed by atoms with Gasteiger partial charge in [-0.15, -0.1) is 0 Å². The molecule has 1 atom stereocenters. The van der Waals surface area contributed by atoms with Gasteiger partial charge in [0.05, 0.1) is 4.92 Å². The molecule has 0 bridgehead atoms. The van der Waals surface area contributed by atoms with Crippen LogP contribution in [0, 0.1) is 17.0 Å². The molecule has 1 aromatic rings. The number of nitro groups is 1. The number of aryl methyl sites for hydroxylation is 1. The Hall–Kier alpha value is -1.95. The average Bonchev–Trinajstić information content (AvgIpc) is 2.74. The maximum absolute atomic E-state index is 12.2. The summed E-state index contributed by atoms with van der Waals surface area (Å²) in [5, 5.41) is 10.6. The summed E-state index contributed by atoms with van der Waals surface area (Å²) < 4.78 is 0. The lowest BCUT2D eigenvalue weighted by Crippen LogP contribution is -2.32. The van der Waals surface area contributed by atoms with Gasteiger partial charge in [0, 0.05) is 36.8 Å². The molecule has 1 aliphatic heterocycles. The number of likely N-dealkylation sites (tertiary alicyclic amines) is 1. The number of hydrogen-bond donors (Lipinski definition) is 1. The zero-order valence-corrected chi connectivity index (χ0v) is 10.1. The minimum absolute atomic E-state index is 0.00201. The van der Waals surface area contributed by atoms with Gasteiger partial charge in [0.25, 0.3) is 11.6 Å². The maximum atomic E-state index is 12.2. The number of benzene rings is 1. The van der Waals surface area contributed by atoms with Crippen molar-refractivity contribution in [2.24, 2.45) is 5.73 Å². The van der Waals surface area contributed by atoms with E-state index in [1.807, 2.05) is 0 Å². The normalized spacial score (nSPS) is 19.0. The molecule has 0 saturated carbocycles. The fourth-order valence-corrected chi connectivity index (χ4v) is 2.14. The predicted molar refractivity (Wildman–Crippen MR) is 66.3 cm³/mol. The van der Waals surface area contributed by atoms with Crippen LogP contribution in [0.2, 0.25) is 0 Å². The fraction of sp³-hybridized carbons (Fsp3) is 0.417. The lowest BCUT2D eigenvalue weighted by atomic mass is 10.1. The Morgan fingerprint density at radius 3 is 2.78 bits per heavy atom. The summed E-state index contributed by atoms with van der Waals surface area (Å²) in [7, 11) is 0. The van der Waals surface area contributed by atoms with Gasteiger partial charge in [-0.25, -0.2) is 0 Å². The minimum atomic E-state index is -0.465. The molecule has 96 valence electrons. The molecule has 6 nitrogen and oxygen atoms in total. The maximum Gasteiger partial charge on any atom is 0.269 e. The number of hydrogen-bond acceptors (Lipinski definition) is 4. The lowest BCUT2D eigenvalue weighted by molar-refractivity contribution is -0.384. The van der Waals surface area contributed by atoms with Gasteiger partial charge < -0.3 is 10.6 Å².